The van der Waals surface area contributed by atoms with Crippen LogP contribution < -0.4 is 0 Å². The first-order chi connectivity index (χ1) is 5.81. The van der Waals surface area contributed by atoms with E-state index in [1.807, 2.05) is 0 Å². The fraction of sp³-hybridized carbons (Fsp3) is 0.900. The number of unbranched alkanes of at least 4 members (excludes halogenated alkanes) is 3. The summed E-state index contributed by atoms with van der Waals surface area (Å²) >= 11 is 5.87. The zero-order valence-electron chi connectivity index (χ0n) is 8.02. The molecule has 0 spiro atoms. The SMILES string of the molecule is [CH2]CCCCCOCC(Cl)CC. The molecule has 12 heavy (non-hydrogen) atoms. The quantitative estimate of drug-likeness (QED) is 0.422. The summed E-state index contributed by atoms with van der Waals surface area (Å²) in [7, 11) is 0. The van der Waals surface area contributed by atoms with Crippen molar-refractivity contribution < 1.29 is 4.74 Å². The van der Waals surface area contributed by atoms with Crippen LogP contribution in [-0.4, -0.2) is 18.6 Å². The van der Waals surface area contributed by atoms with Gasteiger partial charge in [-0.3, -0.25) is 0 Å². The number of hydrogen-bond acceptors (Lipinski definition) is 1. The average molecular weight is 192 g/mol. The van der Waals surface area contributed by atoms with E-state index in [1.165, 1.54) is 12.8 Å². The third-order valence-corrected chi connectivity index (χ3v) is 2.21. The summed E-state index contributed by atoms with van der Waals surface area (Å²) in [5, 5.41) is 0.192. The predicted octanol–water partition coefficient (Wildman–Crippen LogP) is 3.41. The minimum absolute atomic E-state index is 0.192. The molecular weight excluding hydrogens is 172 g/mol. The highest BCUT2D eigenvalue weighted by Gasteiger charge is 1.99. The van der Waals surface area contributed by atoms with Gasteiger partial charge in [-0.25, -0.2) is 0 Å². The van der Waals surface area contributed by atoms with Crippen molar-refractivity contribution in [2.45, 2.75) is 44.4 Å². The summed E-state index contributed by atoms with van der Waals surface area (Å²) in [6.07, 6.45) is 5.60. The Bertz CT molecular complexity index is 85.9. The fourth-order valence-electron chi connectivity index (χ4n) is 0.887. The van der Waals surface area contributed by atoms with Gasteiger partial charge in [0.25, 0.3) is 0 Å². The molecule has 0 aromatic carbocycles. The van der Waals surface area contributed by atoms with Crippen LogP contribution in [0.25, 0.3) is 0 Å². The number of hydrogen-bond donors (Lipinski definition) is 0. The molecule has 0 rings (SSSR count). The lowest BCUT2D eigenvalue weighted by atomic mass is 10.2. The molecule has 1 atom stereocenters. The van der Waals surface area contributed by atoms with Crippen molar-refractivity contribution in [3.63, 3.8) is 0 Å². The largest absolute Gasteiger partial charge is 0.380 e. The van der Waals surface area contributed by atoms with Crippen LogP contribution in [0.15, 0.2) is 0 Å². The second-order valence-electron chi connectivity index (χ2n) is 2.99. The molecule has 0 aliphatic rings. The minimum atomic E-state index is 0.192. The van der Waals surface area contributed by atoms with E-state index in [0.29, 0.717) is 6.61 Å². The third kappa shape index (κ3) is 8.35. The Labute approximate surface area is 81.4 Å². The Morgan fingerprint density at radius 2 is 2.08 bits per heavy atom. The van der Waals surface area contributed by atoms with Gasteiger partial charge in [0.2, 0.25) is 0 Å². The van der Waals surface area contributed by atoms with Crippen LogP contribution in [0.1, 0.15) is 39.0 Å². The van der Waals surface area contributed by atoms with Crippen LogP contribution in [0.4, 0.5) is 0 Å². The van der Waals surface area contributed by atoms with Gasteiger partial charge in [0.15, 0.2) is 0 Å². The summed E-state index contributed by atoms with van der Waals surface area (Å²) in [5.74, 6) is 0. The van der Waals surface area contributed by atoms with Crippen LogP contribution in [0, 0.1) is 6.92 Å². The van der Waals surface area contributed by atoms with Gasteiger partial charge in [-0.2, -0.15) is 0 Å². The number of rotatable bonds is 8. The first-order valence-corrected chi connectivity index (χ1v) is 5.26. The van der Waals surface area contributed by atoms with Crippen molar-refractivity contribution >= 4 is 11.6 Å². The molecule has 0 saturated carbocycles. The zero-order valence-corrected chi connectivity index (χ0v) is 8.78. The minimum Gasteiger partial charge on any atom is -0.380 e. The molecule has 0 N–H and O–H groups in total. The van der Waals surface area contributed by atoms with Crippen molar-refractivity contribution in [1.82, 2.24) is 0 Å². The van der Waals surface area contributed by atoms with Gasteiger partial charge in [-0.1, -0.05) is 33.1 Å². The van der Waals surface area contributed by atoms with E-state index in [-0.39, 0.29) is 5.38 Å². The maximum absolute atomic E-state index is 5.87. The lowest BCUT2D eigenvalue weighted by Gasteiger charge is -2.06. The fourth-order valence-corrected chi connectivity index (χ4v) is 0.976. The summed E-state index contributed by atoms with van der Waals surface area (Å²) in [6, 6.07) is 0. The van der Waals surface area contributed by atoms with Crippen LogP contribution in [0.3, 0.4) is 0 Å². The van der Waals surface area contributed by atoms with Crippen molar-refractivity contribution in [3.8, 4) is 0 Å². The normalized spacial score (nSPS) is 13.2. The van der Waals surface area contributed by atoms with Gasteiger partial charge in [0, 0.05) is 6.61 Å². The summed E-state index contributed by atoms with van der Waals surface area (Å²) in [4.78, 5) is 0. The van der Waals surface area contributed by atoms with Crippen molar-refractivity contribution in [1.29, 1.82) is 0 Å². The second kappa shape index (κ2) is 9.34. The number of ether oxygens (including phenoxy) is 1. The van der Waals surface area contributed by atoms with Crippen LogP contribution >= 0.6 is 11.6 Å². The average Bonchev–Trinajstić information content (AvgIpc) is 2.10. The molecule has 0 heterocycles. The lowest BCUT2D eigenvalue weighted by Crippen LogP contribution is -2.08. The topological polar surface area (TPSA) is 9.23 Å². The molecule has 0 aromatic heterocycles. The first kappa shape index (κ1) is 12.2. The standard InChI is InChI=1S/C10H20ClO/c1-3-5-6-7-8-12-9-10(11)4-2/h10H,1,3-9H2,2H3. The smallest absolute Gasteiger partial charge is 0.0630 e. The Hall–Kier alpha value is 0.250. The Morgan fingerprint density at radius 1 is 1.33 bits per heavy atom. The highest BCUT2D eigenvalue weighted by Crippen LogP contribution is 2.03. The summed E-state index contributed by atoms with van der Waals surface area (Å²) in [5.41, 5.74) is 0. The summed E-state index contributed by atoms with van der Waals surface area (Å²) in [6.45, 7) is 7.40. The molecular formula is C10H20ClO. The number of alkyl halides is 1. The molecule has 0 saturated heterocycles. The maximum Gasteiger partial charge on any atom is 0.0630 e. The van der Waals surface area contributed by atoms with Crippen molar-refractivity contribution in [2.24, 2.45) is 0 Å². The van der Waals surface area contributed by atoms with E-state index < -0.39 is 0 Å². The number of halogens is 1. The van der Waals surface area contributed by atoms with E-state index in [0.717, 1.165) is 25.9 Å². The highest BCUT2D eigenvalue weighted by atomic mass is 35.5. The highest BCUT2D eigenvalue weighted by molar-refractivity contribution is 6.20. The van der Waals surface area contributed by atoms with Gasteiger partial charge >= 0.3 is 0 Å². The zero-order chi connectivity index (χ0) is 9.23. The van der Waals surface area contributed by atoms with E-state index in [4.69, 9.17) is 16.3 Å². The molecule has 1 radical (unpaired) electrons. The molecule has 0 bridgehead atoms. The van der Waals surface area contributed by atoms with Crippen molar-refractivity contribution in [3.05, 3.63) is 6.92 Å². The predicted molar refractivity (Wildman–Crippen MR) is 54.6 cm³/mol. The van der Waals surface area contributed by atoms with Crippen LogP contribution in [0.2, 0.25) is 0 Å². The van der Waals surface area contributed by atoms with Gasteiger partial charge in [0.05, 0.1) is 12.0 Å². The van der Waals surface area contributed by atoms with Crippen molar-refractivity contribution in [2.75, 3.05) is 13.2 Å². The van der Waals surface area contributed by atoms with E-state index in [9.17, 15) is 0 Å². The molecule has 0 fully saturated rings. The Balaban J connectivity index is 2.90. The Morgan fingerprint density at radius 3 is 2.67 bits per heavy atom. The van der Waals surface area contributed by atoms with E-state index >= 15 is 0 Å². The molecule has 2 heteroatoms. The maximum atomic E-state index is 5.87. The molecule has 0 amide bonds. The van der Waals surface area contributed by atoms with Gasteiger partial charge in [-0.15, -0.1) is 11.6 Å². The van der Waals surface area contributed by atoms with E-state index in [2.05, 4.69) is 13.8 Å². The molecule has 0 aliphatic carbocycles. The van der Waals surface area contributed by atoms with Gasteiger partial charge in [-0.05, 0) is 12.8 Å². The molecule has 0 aliphatic heterocycles. The second-order valence-corrected chi connectivity index (χ2v) is 3.61. The lowest BCUT2D eigenvalue weighted by molar-refractivity contribution is 0.129. The van der Waals surface area contributed by atoms with Crippen LogP contribution in [-0.2, 0) is 4.74 Å². The molecule has 0 aromatic rings. The summed E-state index contributed by atoms with van der Waals surface area (Å²) < 4.78 is 5.38. The monoisotopic (exact) mass is 191 g/mol. The van der Waals surface area contributed by atoms with Gasteiger partial charge in [0.1, 0.15) is 0 Å². The van der Waals surface area contributed by atoms with Crippen LogP contribution in [0.5, 0.6) is 0 Å². The first-order valence-electron chi connectivity index (χ1n) is 4.82. The Kier molecular flexibility index (Phi) is 9.53. The van der Waals surface area contributed by atoms with Gasteiger partial charge < -0.3 is 4.74 Å². The third-order valence-electron chi connectivity index (χ3n) is 1.78. The van der Waals surface area contributed by atoms with E-state index in [1.54, 1.807) is 0 Å². The molecule has 1 nitrogen and oxygen atoms in total. The molecule has 73 valence electrons. The molecule has 1 unspecified atom stereocenters.